The minimum atomic E-state index is -0.879. The van der Waals surface area contributed by atoms with Crippen LogP contribution in [-0.4, -0.2) is 47.6 Å². The van der Waals surface area contributed by atoms with Crippen molar-refractivity contribution in [2.24, 2.45) is 23.7 Å². The van der Waals surface area contributed by atoms with Gasteiger partial charge in [0.05, 0.1) is 11.8 Å². The molecule has 3 aliphatic rings. The Morgan fingerprint density at radius 1 is 1.00 bits per heavy atom. The maximum atomic E-state index is 12.5. The molecule has 2 fully saturated rings. The molecule has 1 aromatic rings. The number of hydrogen-bond donors (Lipinski definition) is 2. The van der Waals surface area contributed by atoms with E-state index in [4.69, 9.17) is 16.3 Å². The molecule has 1 aliphatic heterocycles. The van der Waals surface area contributed by atoms with Crippen LogP contribution in [0.15, 0.2) is 36.4 Å². The van der Waals surface area contributed by atoms with Gasteiger partial charge in [0.2, 0.25) is 11.8 Å². The van der Waals surface area contributed by atoms with Crippen molar-refractivity contribution in [2.75, 3.05) is 13.2 Å². The van der Waals surface area contributed by atoms with Crippen LogP contribution in [0, 0.1) is 23.7 Å². The van der Waals surface area contributed by atoms with E-state index in [9.17, 15) is 24.0 Å². The highest BCUT2D eigenvalue weighted by Gasteiger charge is 2.59. The molecule has 0 spiro atoms. The number of fused-ring (bicyclic) bond motifs is 5. The first-order valence-electron chi connectivity index (χ1n) is 9.39. The molecule has 4 amide bonds. The molecular weight excluding hydrogens is 414 g/mol. The van der Waals surface area contributed by atoms with Crippen LogP contribution in [0.3, 0.4) is 0 Å². The molecule has 0 radical (unpaired) electrons. The number of carbonyl (C=O) groups excluding carboxylic acids is 5. The fourth-order valence-corrected chi connectivity index (χ4v) is 4.40. The predicted molar refractivity (Wildman–Crippen MR) is 102 cm³/mol. The Hall–Kier alpha value is -3.20. The van der Waals surface area contributed by atoms with Gasteiger partial charge < -0.3 is 4.74 Å². The number of esters is 1. The van der Waals surface area contributed by atoms with Gasteiger partial charge in [0.1, 0.15) is 6.54 Å². The number of nitrogens with zero attached hydrogens (tertiary/aromatic N) is 1. The predicted octanol–water partition coefficient (Wildman–Crippen LogP) is 0.451. The lowest BCUT2D eigenvalue weighted by Crippen LogP contribution is -2.44. The number of hydrazine groups is 1. The minimum absolute atomic E-state index is 0.0486. The third-order valence-corrected chi connectivity index (χ3v) is 5.89. The lowest BCUT2D eigenvalue weighted by molar-refractivity contribution is -0.155. The average molecular weight is 432 g/mol. The molecule has 4 atom stereocenters. The quantitative estimate of drug-likeness (QED) is 0.302. The summed E-state index contributed by atoms with van der Waals surface area (Å²) in [5, 5.41) is 0.463. The van der Waals surface area contributed by atoms with Crippen LogP contribution in [0.25, 0.3) is 0 Å². The normalized spacial score (nSPS) is 26.0. The van der Waals surface area contributed by atoms with Gasteiger partial charge in [-0.3, -0.25) is 39.7 Å². The van der Waals surface area contributed by atoms with Crippen molar-refractivity contribution in [3.63, 3.8) is 0 Å². The molecule has 4 rings (SSSR count). The molecule has 1 saturated heterocycles. The zero-order valence-electron chi connectivity index (χ0n) is 15.7. The number of nitrogens with one attached hydrogen (secondary N) is 2. The molecule has 9 nitrogen and oxygen atoms in total. The van der Waals surface area contributed by atoms with E-state index in [1.165, 1.54) is 24.3 Å². The molecule has 1 heterocycles. The highest BCUT2D eigenvalue weighted by Crippen LogP contribution is 2.52. The average Bonchev–Trinajstić information content (AvgIpc) is 3.41. The lowest BCUT2D eigenvalue weighted by Gasteiger charge is -2.16. The molecule has 2 bridgehead atoms. The van der Waals surface area contributed by atoms with Crippen molar-refractivity contribution < 1.29 is 28.7 Å². The van der Waals surface area contributed by atoms with Crippen LogP contribution in [0.4, 0.5) is 0 Å². The van der Waals surface area contributed by atoms with E-state index in [-0.39, 0.29) is 29.2 Å². The van der Waals surface area contributed by atoms with Crippen LogP contribution >= 0.6 is 11.6 Å². The minimum Gasteiger partial charge on any atom is -0.454 e. The maximum absolute atomic E-state index is 12.5. The zero-order chi connectivity index (χ0) is 21.4. The van der Waals surface area contributed by atoms with E-state index >= 15 is 0 Å². The number of hydrogen-bond acceptors (Lipinski definition) is 6. The van der Waals surface area contributed by atoms with Gasteiger partial charge in [-0.25, -0.2) is 0 Å². The van der Waals surface area contributed by atoms with Gasteiger partial charge in [0.25, 0.3) is 11.8 Å². The Morgan fingerprint density at radius 2 is 1.60 bits per heavy atom. The lowest BCUT2D eigenvalue weighted by atomic mass is 9.85. The standard InChI is InChI=1S/C20H18ClN3O6/c21-13-5-3-10(4-6-13)18(27)23-22-14(25)9-30-15(26)8-24-19(28)16-11-1-2-12(7-11)17(16)20(24)29/h1-6,11-12,16-17H,7-9H2,(H,22,25)(H,23,27)/t11-,12-,16-,17-/m0/s1. The van der Waals surface area contributed by atoms with Gasteiger partial charge in [-0.05, 0) is 42.5 Å². The number of amides is 4. The van der Waals surface area contributed by atoms with Crippen LogP contribution < -0.4 is 10.9 Å². The monoisotopic (exact) mass is 431 g/mol. The summed E-state index contributed by atoms with van der Waals surface area (Å²) in [6, 6.07) is 6.00. The SMILES string of the molecule is O=C(COC(=O)CN1C(=O)[C@@H]2[C@@H](C1=O)[C@H]1C=C[C@H]2C1)NNC(=O)c1ccc(Cl)cc1. The number of benzene rings is 1. The summed E-state index contributed by atoms with van der Waals surface area (Å²) < 4.78 is 4.83. The van der Waals surface area contributed by atoms with Gasteiger partial charge in [-0.1, -0.05) is 23.8 Å². The van der Waals surface area contributed by atoms with E-state index in [0.29, 0.717) is 5.02 Å². The first-order valence-corrected chi connectivity index (χ1v) is 9.77. The number of ether oxygens (including phenoxy) is 1. The summed E-state index contributed by atoms with van der Waals surface area (Å²) in [4.78, 5) is 61.7. The molecule has 0 unspecified atom stereocenters. The van der Waals surface area contributed by atoms with E-state index in [2.05, 4.69) is 10.9 Å². The van der Waals surface area contributed by atoms with Gasteiger partial charge in [0, 0.05) is 10.6 Å². The van der Waals surface area contributed by atoms with Crippen LogP contribution in [0.2, 0.25) is 5.02 Å². The highest BCUT2D eigenvalue weighted by atomic mass is 35.5. The fraction of sp³-hybridized carbons (Fsp3) is 0.350. The van der Waals surface area contributed by atoms with Crippen molar-refractivity contribution in [3.05, 3.63) is 47.0 Å². The summed E-state index contributed by atoms with van der Waals surface area (Å²) in [5.74, 6) is -3.65. The number of rotatable bonds is 5. The van der Waals surface area contributed by atoms with Gasteiger partial charge in [-0.2, -0.15) is 0 Å². The molecule has 156 valence electrons. The Labute approximate surface area is 176 Å². The Kier molecular flexibility index (Phi) is 5.29. The van der Waals surface area contributed by atoms with Gasteiger partial charge >= 0.3 is 5.97 Å². The van der Waals surface area contributed by atoms with Crippen molar-refractivity contribution >= 4 is 41.2 Å². The first-order chi connectivity index (χ1) is 14.3. The van der Waals surface area contributed by atoms with Crippen LogP contribution in [-0.2, 0) is 23.9 Å². The summed E-state index contributed by atoms with van der Waals surface area (Å²) in [6.45, 7) is -1.20. The molecule has 2 N–H and O–H groups in total. The maximum Gasteiger partial charge on any atom is 0.326 e. The fourth-order valence-electron chi connectivity index (χ4n) is 4.28. The molecular formula is C20H18ClN3O6. The molecule has 1 saturated carbocycles. The van der Waals surface area contributed by atoms with Crippen molar-refractivity contribution in [1.29, 1.82) is 0 Å². The summed E-state index contributed by atoms with van der Waals surface area (Å²) >= 11 is 5.74. The number of halogens is 1. The van der Waals surface area contributed by atoms with Crippen molar-refractivity contribution in [1.82, 2.24) is 15.8 Å². The Morgan fingerprint density at radius 3 is 2.20 bits per heavy atom. The summed E-state index contributed by atoms with van der Waals surface area (Å²) in [6.07, 6.45) is 4.72. The number of likely N-dealkylation sites (tertiary alicyclic amines) is 1. The molecule has 0 aromatic heterocycles. The Balaban J connectivity index is 1.22. The van der Waals surface area contributed by atoms with Gasteiger partial charge in [-0.15, -0.1) is 0 Å². The molecule has 10 heteroatoms. The van der Waals surface area contributed by atoms with Crippen LogP contribution in [0.1, 0.15) is 16.8 Å². The summed E-state index contributed by atoms with van der Waals surface area (Å²) in [7, 11) is 0. The van der Waals surface area contributed by atoms with E-state index in [1.807, 2.05) is 12.2 Å². The largest absolute Gasteiger partial charge is 0.454 e. The number of carbonyl (C=O) groups is 5. The summed E-state index contributed by atoms with van der Waals surface area (Å²) in [5.41, 5.74) is 4.56. The number of allylic oxidation sites excluding steroid dienone is 2. The second-order valence-electron chi connectivity index (χ2n) is 7.43. The third kappa shape index (κ3) is 3.68. The van der Waals surface area contributed by atoms with Crippen LogP contribution in [0.5, 0.6) is 0 Å². The third-order valence-electron chi connectivity index (χ3n) is 5.63. The second-order valence-corrected chi connectivity index (χ2v) is 7.87. The highest BCUT2D eigenvalue weighted by molar-refractivity contribution is 6.30. The first kappa shape index (κ1) is 20.1. The van der Waals surface area contributed by atoms with E-state index in [0.717, 1.165) is 11.3 Å². The smallest absolute Gasteiger partial charge is 0.326 e. The zero-order valence-corrected chi connectivity index (χ0v) is 16.4. The second kappa shape index (κ2) is 7.91. The Bertz CT molecular complexity index is 930. The molecule has 2 aliphatic carbocycles. The van der Waals surface area contributed by atoms with Gasteiger partial charge in [0.15, 0.2) is 6.61 Å². The van der Waals surface area contributed by atoms with E-state index < -0.39 is 42.8 Å². The van der Waals surface area contributed by atoms with Crippen molar-refractivity contribution in [2.45, 2.75) is 6.42 Å². The topological polar surface area (TPSA) is 122 Å². The van der Waals surface area contributed by atoms with Crippen molar-refractivity contribution in [3.8, 4) is 0 Å². The van der Waals surface area contributed by atoms with E-state index in [1.54, 1.807) is 0 Å². The molecule has 30 heavy (non-hydrogen) atoms. The molecule has 1 aromatic carbocycles. The number of imide groups is 1.